The number of hydrogen-bond acceptors (Lipinski definition) is 10. The summed E-state index contributed by atoms with van der Waals surface area (Å²) in [4.78, 5) is 34.0. The van der Waals surface area contributed by atoms with Gasteiger partial charge in [-0.25, -0.2) is 9.18 Å². The molecule has 0 aromatic heterocycles. The second-order valence-electron chi connectivity index (χ2n) is 16.4. The molecule has 0 saturated heterocycles. The van der Waals surface area contributed by atoms with E-state index >= 15 is 0 Å². The van der Waals surface area contributed by atoms with Crippen LogP contribution in [0.25, 0.3) is 0 Å². The Morgan fingerprint density at radius 3 is 2.44 bits per heavy atom. The van der Waals surface area contributed by atoms with Crippen LogP contribution in [0.1, 0.15) is 77.9 Å². The van der Waals surface area contributed by atoms with Gasteiger partial charge in [0.15, 0.2) is 0 Å². The number of amides is 1. The number of halogens is 2. The molecule has 0 radical (unpaired) electrons. The van der Waals surface area contributed by atoms with Crippen LogP contribution in [0.5, 0.6) is 17.2 Å². The minimum Gasteiger partial charge on any atom is -0.459 e. The van der Waals surface area contributed by atoms with Gasteiger partial charge >= 0.3 is 6.09 Å². The van der Waals surface area contributed by atoms with Gasteiger partial charge in [-0.05, 0) is 96.7 Å². The van der Waals surface area contributed by atoms with E-state index in [9.17, 15) is 24.2 Å². The Morgan fingerprint density at radius 2 is 1.70 bits per heavy atom. The Hall–Kier alpha value is -5.53. The van der Waals surface area contributed by atoms with Gasteiger partial charge in [-0.3, -0.25) is 9.69 Å². The first-order valence-electron chi connectivity index (χ1n) is 22.0. The van der Waals surface area contributed by atoms with Crippen LogP contribution in [0.2, 0.25) is 0 Å². The predicted molar refractivity (Wildman–Crippen MR) is 242 cm³/mol. The maximum Gasteiger partial charge on any atom is 0.410 e. The fraction of sp³-hybridized carbons (Fsp3) is 0.392. The van der Waals surface area contributed by atoms with E-state index in [1.54, 1.807) is 53.4 Å². The Labute approximate surface area is 379 Å². The number of allylic oxidation sites excluding steroid dienone is 1. The zero-order valence-corrected chi connectivity index (χ0v) is 36.6. The van der Waals surface area contributed by atoms with Gasteiger partial charge in [-0.1, -0.05) is 84.7 Å². The quantitative estimate of drug-likeness (QED) is 0.0260. The van der Waals surface area contributed by atoms with Crippen LogP contribution in [0.15, 0.2) is 127 Å². The molecule has 2 N–H and O–H groups in total. The number of benzene rings is 4. The topological polar surface area (TPSA) is 136 Å². The molecule has 6 atom stereocenters. The Kier molecular flexibility index (Phi) is 16.3. The number of carbonyl (C=O) groups is 2. The zero-order chi connectivity index (χ0) is 44.9. The van der Waals surface area contributed by atoms with Crippen molar-refractivity contribution in [1.82, 2.24) is 4.90 Å². The average Bonchev–Trinajstić information content (AvgIpc) is 3.31. The summed E-state index contributed by atoms with van der Waals surface area (Å²) in [6, 6.07) is 27.3. The summed E-state index contributed by atoms with van der Waals surface area (Å²) < 4.78 is 40.9. The molecule has 1 fully saturated rings. The first-order chi connectivity index (χ1) is 31.3. The number of ether oxygens (including phenoxy) is 4. The summed E-state index contributed by atoms with van der Waals surface area (Å²) >= 11 is 6.08. The molecule has 1 saturated carbocycles. The lowest BCUT2D eigenvalue weighted by Crippen LogP contribution is -2.70. The number of rotatable bonds is 22. The smallest absolute Gasteiger partial charge is 0.410 e. The molecule has 11 nitrogen and oxygen atoms in total. The third kappa shape index (κ3) is 10.7. The van der Waals surface area contributed by atoms with Gasteiger partial charge in [0, 0.05) is 43.2 Å². The van der Waals surface area contributed by atoms with E-state index in [-0.39, 0.29) is 69.6 Å². The third-order valence-electron chi connectivity index (χ3n) is 12.3. The van der Waals surface area contributed by atoms with E-state index in [0.717, 1.165) is 48.7 Å². The van der Waals surface area contributed by atoms with Crippen molar-refractivity contribution in [3.8, 4) is 17.2 Å². The highest BCUT2D eigenvalue weighted by Crippen LogP contribution is 2.62. The first-order valence-corrected chi connectivity index (χ1v) is 22.6. The molecule has 13 heteroatoms. The van der Waals surface area contributed by atoms with Crippen LogP contribution in [0.3, 0.4) is 0 Å². The van der Waals surface area contributed by atoms with Crippen molar-refractivity contribution in [2.45, 2.75) is 75.8 Å². The van der Waals surface area contributed by atoms with Crippen molar-refractivity contribution in [2.24, 2.45) is 22.9 Å². The highest BCUT2D eigenvalue weighted by atomic mass is 35.5. The molecule has 0 bridgehead atoms. The molecule has 4 aromatic rings. The molecule has 1 amide bonds. The molecule has 338 valence electrons. The molecule has 1 aliphatic heterocycles. The standard InChI is InChI=1S/C51H56ClFN2O9/c1-2-26-61-51-47(55(50(59)60-27-23-52)32-35-17-19-39(53)20-18-35)31-45(54-62-34-36-11-4-3-5-12-36)43-29-38(14-6-8-24-56)42(16-7-9-25-57)48(49(43)51)44-30-41(21-22-46(44)64-51)63-40-15-10-13-37(28-40)33-58/h2-5,10-13,15,17-22,28-30,33,38,42,47-49,56-57H,1,6-9,14,16,23-27,31-32,34H2. The molecule has 7 rings (SSSR count). The molecule has 4 aromatic carbocycles. The van der Waals surface area contributed by atoms with E-state index in [4.69, 9.17) is 40.5 Å². The number of fused-ring (bicyclic) bond motifs is 2. The SMILES string of the molecule is C=CCOC12Oc3ccc(Oc4cccc(C=O)c4)cc3C3C(CCCCO)C(CCCCO)C=C(C(=NOCc4ccccc4)CC1N(Cc1ccc(F)cc1)C(=O)OCCCl)C32. The van der Waals surface area contributed by atoms with Crippen molar-refractivity contribution in [1.29, 1.82) is 0 Å². The number of hydrogen-bond donors (Lipinski definition) is 2. The lowest BCUT2D eigenvalue weighted by molar-refractivity contribution is -0.256. The summed E-state index contributed by atoms with van der Waals surface area (Å²) in [5.41, 5.74) is 4.37. The second-order valence-corrected chi connectivity index (χ2v) is 16.8. The second kappa shape index (κ2) is 22.4. The maximum absolute atomic E-state index is 14.5. The zero-order valence-electron chi connectivity index (χ0n) is 35.9. The van der Waals surface area contributed by atoms with E-state index in [1.807, 2.05) is 42.5 Å². The minimum atomic E-state index is -1.57. The summed E-state index contributed by atoms with van der Waals surface area (Å²) in [6.45, 7) is 4.32. The number of unbranched alkanes of at least 4 members (excludes halogenated alkanes) is 2. The van der Waals surface area contributed by atoms with Crippen molar-refractivity contribution in [2.75, 3.05) is 32.3 Å². The molecule has 2 aliphatic carbocycles. The van der Waals surface area contributed by atoms with E-state index in [1.165, 1.54) is 12.1 Å². The largest absolute Gasteiger partial charge is 0.459 e. The molecular weight excluding hydrogens is 839 g/mol. The first kappa shape index (κ1) is 46.5. The van der Waals surface area contributed by atoms with E-state index in [2.05, 4.69) is 12.7 Å². The van der Waals surface area contributed by atoms with E-state index in [0.29, 0.717) is 46.9 Å². The van der Waals surface area contributed by atoms with Crippen LogP contribution in [0.4, 0.5) is 9.18 Å². The number of oxime groups is 1. The number of aliphatic hydroxyl groups is 2. The Bertz CT molecular complexity index is 2260. The fourth-order valence-corrected chi connectivity index (χ4v) is 9.63. The van der Waals surface area contributed by atoms with E-state index < -0.39 is 29.7 Å². The lowest BCUT2D eigenvalue weighted by atomic mass is 9.55. The van der Waals surface area contributed by atoms with Gasteiger partial charge in [-0.2, -0.15) is 0 Å². The molecule has 3 aliphatic rings. The highest BCUT2D eigenvalue weighted by molar-refractivity contribution is 6.18. The molecule has 6 unspecified atom stereocenters. The minimum absolute atomic E-state index is 0.00160. The van der Waals surface area contributed by atoms with Gasteiger partial charge in [0.2, 0.25) is 5.79 Å². The maximum atomic E-state index is 14.5. The van der Waals surface area contributed by atoms with Crippen molar-refractivity contribution in [3.05, 3.63) is 149 Å². The number of aldehydes is 1. The van der Waals surface area contributed by atoms with Crippen molar-refractivity contribution >= 4 is 29.7 Å². The number of aliphatic hydroxyl groups excluding tert-OH is 2. The molecular formula is C51H56ClFN2O9. The van der Waals surface area contributed by atoms with Crippen LogP contribution < -0.4 is 9.47 Å². The Morgan fingerprint density at radius 1 is 0.938 bits per heavy atom. The van der Waals surface area contributed by atoms with Crippen LogP contribution in [-0.2, 0) is 27.5 Å². The van der Waals surface area contributed by atoms with Gasteiger partial charge in [0.1, 0.15) is 48.6 Å². The van der Waals surface area contributed by atoms with Crippen molar-refractivity contribution < 1.29 is 48.0 Å². The molecule has 64 heavy (non-hydrogen) atoms. The monoisotopic (exact) mass is 894 g/mol. The van der Waals surface area contributed by atoms with Crippen LogP contribution >= 0.6 is 11.6 Å². The Balaban J connectivity index is 1.45. The normalized spacial score (nSPS) is 22.6. The van der Waals surface area contributed by atoms with Crippen molar-refractivity contribution in [3.63, 3.8) is 0 Å². The van der Waals surface area contributed by atoms with Gasteiger partial charge < -0.3 is 34.0 Å². The molecule has 0 spiro atoms. The van der Waals surface area contributed by atoms with Gasteiger partial charge in [0.25, 0.3) is 0 Å². The third-order valence-corrected chi connectivity index (χ3v) is 12.5. The summed E-state index contributed by atoms with van der Waals surface area (Å²) in [6.07, 6.45) is 8.39. The van der Waals surface area contributed by atoms with Crippen LogP contribution in [-0.4, -0.2) is 77.3 Å². The summed E-state index contributed by atoms with van der Waals surface area (Å²) in [5.74, 6) is -1.34. The number of nitrogens with zero attached hydrogens (tertiary/aromatic N) is 2. The molecule has 1 heterocycles. The lowest BCUT2D eigenvalue weighted by Gasteiger charge is -2.59. The highest BCUT2D eigenvalue weighted by Gasteiger charge is 2.65. The van der Waals surface area contributed by atoms with Gasteiger partial charge in [-0.15, -0.1) is 18.2 Å². The van der Waals surface area contributed by atoms with Crippen LogP contribution in [0, 0.1) is 23.6 Å². The average molecular weight is 895 g/mol. The number of carbonyl (C=O) groups excluding carboxylic acids is 2. The summed E-state index contributed by atoms with van der Waals surface area (Å²) in [5, 5.41) is 24.8. The fourth-order valence-electron chi connectivity index (χ4n) is 9.56. The number of alkyl halides is 1. The van der Waals surface area contributed by atoms with Gasteiger partial charge in [0.05, 0.1) is 24.1 Å². The predicted octanol–water partition coefficient (Wildman–Crippen LogP) is 10.1. The summed E-state index contributed by atoms with van der Waals surface area (Å²) in [7, 11) is 0.